The molecule has 7 atom stereocenters. The maximum atomic E-state index is 10.6. The fourth-order valence-corrected chi connectivity index (χ4v) is 3.72. The molecule has 22 heavy (non-hydrogen) atoms. The molecule has 4 nitrogen and oxygen atoms in total. The Morgan fingerprint density at radius 1 is 1.36 bits per heavy atom. The molecule has 2 aliphatic rings. The molecule has 2 heterocycles. The summed E-state index contributed by atoms with van der Waals surface area (Å²) in [5.41, 5.74) is 2.95. The molecular weight excluding hydrogens is 484 g/mol. The Morgan fingerprint density at radius 2 is 2.09 bits per heavy atom. The standard InChI is InChI=1S/C15H19Br3O4/c1-9-14(18)12(19)8-13(17)15(20)5-4-11(22-15)7-10(21-9)3-2-6-16/h3-6,9-14,19-20H,7-8H2,1H3. The Balaban J connectivity index is 2.26. The average molecular weight is 503 g/mol. The molecule has 0 spiro atoms. The van der Waals surface area contributed by atoms with E-state index in [1.54, 1.807) is 17.1 Å². The van der Waals surface area contributed by atoms with Crippen LogP contribution in [0.3, 0.4) is 0 Å². The number of rotatable bonds is 1. The van der Waals surface area contributed by atoms with E-state index >= 15 is 0 Å². The summed E-state index contributed by atoms with van der Waals surface area (Å²) in [6, 6.07) is 0. The molecule has 2 rings (SSSR count). The Labute approximate surface area is 155 Å². The van der Waals surface area contributed by atoms with Gasteiger partial charge in [-0.15, -0.1) is 5.73 Å². The van der Waals surface area contributed by atoms with Crippen molar-refractivity contribution in [2.75, 3.05) is 0 Å². The predicted octanol–water partition coefficient (Wildman–Crippen LogP) is 3.15. The Bertz CT molecular complexity index is 477. The van der Waals surface area contributed by atoms with E-state index in [2.05, 4.69) is 53.5 Å². The topological polar surface area (TPSA) is 58.9 Å². The fourth-order valence-electron chi connectivity index (χ4n) is 2.58. The van der Waals surface area contributed by atoms with Gasteiger partial charge in [-0.1, -0.05) is 53.9 Å². The molecule has 0 amide bonds. The van der Waals surface area contributed by atoms with Gasteiger partial charge >= 0.3 is 0 Å². The van der Waals surface area contributed by atoms with E-state index in [1.165, 1.54) is 0 Å². The van der Waals surface area contributed by atoms with Crippen LogP contribution in [-0.4, -0.2) is 50.1 Å². The second kappa shape index (κ2) is 8.08. The summed E-state index contributed by atoms with van der Waals surface area (Å²) >= 11 is 10.1. The summed E-state index contributed by atoms with van der Waals surface area (Å²) < 4.78 is 11.8. The molecular formula is C15H19Br3O4. The van der Waals surface area contributed by atoms with Gasteiger partial charge in [-0.25, -0.2) is 0 Å². The van der Waals surface area contributed by atoms with Gasteiger partial charge in [-0.2, -0.15) is 0 Å². The Kier molecular flexibility index (Phi) is 6.93. The van der Waals surface area contributed by atoms with Crippen LogP contribution in [-0.2, 0) is 9.47 Å². The van der Waals surface area contributed by atoms with Crippen molar-refractivity contribution < 1.29 is 19.7 Å². The highest BCUT2D eigenvalue weighted by atomic mass is 79.9. The van der Waals surface area contributed by atoms with Crippen LogP contribution in [0.4, 0.5) is 0 Å². The number of aliphatic hydroxyl groups excluding tert-OH is 1. The summed E-state index contributed by atoms with van der Waals surface area (Å²) in [5.74, 6) is -1.41. The first-order valence-corrected chi connectivity index (χ1v) is 9.83. The zero-order valence-corrected chi connectivity index (χ0v) is 16.8. The van der Waals surface area contributed by atoms with E-state index in [9.17, 15) is 10.2 Å². The van der Waals surface area contributed by atoms with Gasteiger partial charge in [-0.3, -0.25) is 0 Å². The van der Waals surface area contributed by atoms with Gasteiger partial charge in [0.25, 0.3) is 0 Å². The van der Waals surface area contributed by atoms with Gasteiger partial charge in [0, 0.05) is 11.4 Å². The smallest absolute Gasteiger partial charge is 0.198 e. The maximum absolute atomic E-state index is 10.6. The van der Waals surface area contributed by atoms with Crippen LogP contribution in [0.25, 0.3) is 0 Å². The molecule has 0 aromatic heterocycles. The lowest BCUT2D eigenvalue weighted by molar-refractivity contribution is -0.176. The summed E-state index contributed by atoms with van der Waals surface area (Å²) in [7, 11) is 0. The van der Waals surface area contributed by atoms with Crippen molar-refractivity contribution in [3.05, 3.63) is 28.9 Å². The number of halogens is 3. The minimum atomic E-state index is -1.41. The number of fused-ring (bicyclic) bond motifs is 2. The van der Waals surface area contributed by atoms with Crippen LogP contribution >= 0.6 is 47.8 Å². The minimum Gasteiger partial charge on any atom is -0.392 e. The number of ether oxygens (including phenoxy) is 2. The summed E-state index contributed by atoms with van der Waals surface area (Å²) in [6.45, 7) is 1.91. The lowest BCUT2D eigenvalue weighted by Crippen LogP contribution is -2.42. The molecule has 1 saturated heterocycles. The molecule has 0 aromatic carbocycles. The van der Waals surface area contributed by atoms with Gasteiger partial charge in [0.05, 0.1) is 34.1 Å². The normalized spacial score (nSPS) is 45.7. The summed E-state index contributed by atoms with van der Waals surface area (Å²) in [4.78, 5) is 0.974. The molecule has 2 bridgehead atoms. The van der Waals surface area contributed by atoms with Crippen molar-refractivity contribution in [3.63, 3.8) is 0 Å². The highest BCUT2D eigenvalue weighted by molar-refractivity contribution is 9.11. The van der Waals surface area contributed by atoms with E-state index in [4.69, 9.17) is 9.47 Å². The van der Waals surface area contributed by atoms with Crippen molar-refractivity contribution >= 4 is 47.8 Å². The van der Waals surface area contributed by atoms with Gasteiger partial charge in [-0.05, 0) is 25.5 Å². The Morgan fingerprint density at radius 3 is 2.77 bits per heavy atom. The van der Waals surface area contributed by atoms with E-state index in [0.717, 1.165) is 0 Å². The van der Waals surface area contributed by atoms with Crippen molar-refractivity contribution in [2.24, 2.45) is 0 Å². The number of aliphatic hydroxyl groups is 2. The molecule has 2 aliphatic heterocycles. The zero-order valence-electron chi connectivity index (χ0n) is 12.0. The van der Waals surface area contributed by atoms with E-state index < -0.39 is 16.7 Å². The highest BCUT2D eigenvalue weighted by Gasteiger charge is 2.43. The first-order chi connectivity index (χ1) is 10.4. The quantitative estimate of drug-likeness (QED) is 0.328. The van der Waals surface area contributed by atoms with Crippen LogP contribution in [0.1, 0.15) is 19.8 Å². The van der Waals surface area contributed by atoms with E-state index in [1.807, 2.05) is 13.0 Å². The summed E-state index contributed by atoms with van der Waals surface area (Å²) in [5, 5.41) is 20.9. The SMILES string of the molecule is CC1OC(C=C=CBr)CC2C=CC(O)(O2)C(Br)CC(O)C1Br. The van der Waals surface area contributed by atoms with E-state index in [-0.39, 0.29) is 23.1 Å². The molecule has 1 fully saturated rings. The number of alkyl halides is 2. The average Bonchev–Trinajstić information content (AvgIpc) is 2.85. The maximum Gasteiger partial charge on any atom is 0.198 e. The third-order valence-electron chi connectivity index (χ3n) is 3.80. The number of hydrogen-bond donors (Lipinski definition) is 2. The molecule has 124 valence electrons. The minimum absolute atomic E-state index is 0.205. The van der Waals surface area contributed by atoms with E-state index in [0.29, 0.717) is 12.8 Å². The second-order valence-electron chi connectivity index (χ2n) is 5.54. The summed E-state index contributed by atoms with van der Waals surface area (Å²) in [6.07, 6.45) is 4.79. The lowest BCUT2D eigenvalue weighted by atomic mass is 10.0. The van der Waals surface area contributed by atoms with Gasteiger partial charge in [0.2, 0.25) is 0 Å². The fraction of sp³-hybridized carbons (Fsp3) is 0.667. The molecule has 0 aliphatic carbocycles. The van der Waals surface area contributed by atoms with Crippen LogP contribution in [0, 0.1) is 0 Å². The first-order valence-electron chi connectivity index (χ1n) is 7.08. The molecule has 0 radical (unpaired) electrons. The highest BCUT2D eigenvalue weighted by Crippen LogP contribution is 2.35. The van der Waals surface area contributed by atoms with Crippen LogP contribution in [0.15, 0.2) is 28.9 Å². The molecule has 7 heteroatoms. The van der Waals surface area contributed by atoms with Crippen LogP contribution in [0.2, 0.25) is 0 Å². The van der Waals surface area contributed by atoms with Gasteiger partial charge in [0.1, 0.15) is 0 Å². The number of hydrogen-bond acceptors (Lipinski definition) is 4. The van der Waals surface area contributed by atoms with Crippen molar-refractivity contribution in [1.29, 1.82) is 0 Å². The van der Waals surface area contributed by atoms with Crippen molar-refractivity contribution in [1.82, 2.24) is 0 Å². The first kappa shape index (κ1) is 18.9. The van der Waals surface area contributed by atoms with Gasteiger partial charge < -0.3 is 19.7 Å². The van der Waals surface area contributed by atoms with Crippen molar-refractivity contribution in [3.8, 4) is 0 Å². The molecule has 7 unspecified atom stereocenters. The molecule has 0 aromatic rings. The molecule has 2 N–H and O–H groups in total. The molecule has 0 saturated carbocycles. The largest absolute Gasteiger partial charge is 0.392 e. The lowest BCUT2D eigenvalue weighted by Gasteiger charge is -2.30. The monoisotopic (exact) mass is 500 g/mol. The zero-order chi connectivity index (χ0) is 16.3. The van der Waals surface area contributed by atoms with Crippen molar-refractivity contribution in [2.45, 2.75) is 59.6 Å². The predicted molar refractivity (Wildman–Crippen MR) is 95.5 cm³/mol. The Hall–Kier alpha value is 0.540. The van der Waals surface area contributed by atoms with Gasteiger partial charge in [0.15, 0.2) is 5.79 Å². The third-order valence-corrected chi connectivity index (χ3v) is 6.45. The van der Waals surface area contributed by atoms with Crippen LogP contribution < -0.4 is 0 Å². The van der Waals surface area contributed by atoms with Crippen LogP contribution in [0.5, 0.6) is 0 Å². The third kappa shape index (κ3) is 4.54. The second-order valence-corrected chi connectivity index (χ2v) is 8.16.